The largest absolute Gasteiger partial charge is 0.463 e. The zero-order valence-corrected chi connectivity index (χ0v) is 18.0. The van der Waals surface area contributed by atoms with E-state index < -0.39 is 60.4 Å². The molecule has 1 amide bonds. The van der Waals surface area contributed by atoms with E-state index in [1.165, 1.54) is 36.0 Å². The normalized spacial score (nSPS) is 24.7. The lowest BCUT2D eigenvalue weighted by atomic mass is 9.97. The molecule has 1 aliphatic rings. The number of nitrogens with two attached hydrogens (primary N) is 1. The van der Waals surface area contributed by atoms with Crippen LogP contribution in [0.25, 0.3) is 0 Å². The Morgan fingerprint density at radius 3 is 2.00 bits per heavy atom. The van der Waals surface area contributed by atoms with Gasteiger partial charge in [0.2, 0.25) is 6.10 Å². The molecule has 0 radical (unpaired) electrons. The SMILES string of the molecule is CC(=O)OC[C@H]1O[C@@H]([n+]2cccc(C(N)=O)c2)[C@H](OC(C)=O)[C@@H](OC(C)=O)[C@@H]1OC(C)=O. The van der Waals surface area contributed by atoms with Gasteiger partial charge in [-0.3, -0.25) is 24.0 Å². The third kappa shape index (κ3) is 6.48. The number of amides is 1. The molecule has 0 bridgehead atoms. The average Bonchev–Trinajstić information content (AvgIpc) is 2.68. The summed E-state index contributed by atoms with van der Waals surface area (Å²) in [6, 6.07) is 2.97. The molecule has 2 rings (SSSR count). The molecule has 0 aliphatic carbocycles. The van der Waals surface area contributed by atoms with Crippen molar-refractivity contribution < 1.29 is 52.2 Å². The van der Waals surface area contributed by atoms with E-state index >= 15 is 0 Å². The monoisotopic (exact) mass is 453 g/mol. The van der Waals surface area contributed by atoms with Gasteiger partial charge in [-0.25, -0.2) is 0 Å². The zero-order valence-electron chi connectivity index (χ0n) is 18.0. The van der Waals surface area contributed by atoms with E-state index in [1.807, 2.05) is 0 Å². The number of nitrogens with zero attached hydrogens (tertiary/aromatic N) is 1. The van der Waals surface area contributed by atoms with Gasteiger partial charge in [0.15, 0.2) is 24.6 Å². The molecule has 174 valence electrons. The van der Waals surface area contributed by atoms with Crippen molar-refractivity contribution in [3.05, 3.63) is 30.1 Å². The number of carbonyl (C=O) groups excluding carboxylic acids is 5. The predicted octanol–water partition coefficient (Wildman–Crippen LogP) is -0.671. The highest BCUT2D eigenvalue weighted by atomic mass is 16.7. The van der Waals surface area contributed by atoms with Crippen LogP contribution in [0.5, 0.6) is 0 Å². The molecule has 1 aliphatic heterocycles. The first-order chi connectivity index (χ1) is 15.0. The van der Waals surface area contributed by atoms with Gasteiger partial charge in [-0.2, -0.15) is 4.57 Å². The van der Waals surface area contributed by atoms with Crippen molar-refractivity contribution in [3.8, 4) is 0 Å². The Hall–Kier alpha value is -3.54. The highest BCUT2D eigenvalue weighted by molar-refractivity contribution is 5.92. The van der Waals surface area contributed by atoms with E-state index in [-0.39, 0.29) is 12.2 Å². The Balaban J connectivity index is 2.58. The second-order valence-corrected chi connectivity index (χ2v) is 6.99. The molecule has 2 heterocycles. The van der Waals surface area contributed by atoms with Gasteiger partial charge in [-0.05, 0) is 6.07 Å². The van der Waals surface area contributed by atoms with Crippen molar-refractivity contribution in [2.45, 2.75) is 58.3 Å². The van der Waals surface area contributed by atoms with Gasteiger partial charge in [0.25, 0.3) is 5.91 Å². The number of aromatic nitrogens is 1. The number of pyridine rings is 1. The summed E-state index contributed by atoms with van der Waals surface area (Å²) in [6.45, 7) is 4.22. The van der Waals surface area contributed by atoms with Crippen LogP contribution in [-0.2, 0) is 42.9 Å². The molecule has 1 fully saturated rings. The topological polar surface area (TPSA) is 161 Å². The van der Waals surface area contributed by atoms with Crippen LogP contribution >= 0.6 is 0 Å². The van der Waals surface area contributed by atoms with Crippen molar-refractivity contribution >= 4 is 29.8 Å². The highest BCUT2D eigenvalue weighted by Crippen LogP contribution is 2.32. The van der Waals surface area contributed by atoms with Crippen molar-refractivity contribution in [2.75, 3.05) is 6.61 Å². The van der Waals surface area contributed by atoms with E-state index in [0.717, 1.165) is 20.8 Å². The third-order valence-corrected chi connectivity index (χ3v) is 4.37. The van der Waals surface area contributed by atoms with Crippen LogP contribution in [-0.4, -0.2) is 60.8 Å². The summed E-state index contributed by atoms with van der Waals surface area (Å²) in [4.78, 5) is 58.4. The van der Waals surface area contributed by atoms with E-state index in [4.69, 9.17) is 29.4 Å². The molecule has 0 unspecified atom stereocenters. The number of rotatable bonds is 7. The predicted molar refractivity (Wildman–Crippen MR) is 102 cm³/mol. The maximum Gasteiger partial charge on any atom is 0.304 e. The molecular weight excluding hydrogens is 428 g/mol. The Bertz CT molecular complexity index is 902. The fourth-order valence-electron chi connectivity index (χ4n) is 3.24. The second kappa shape index (κ2) is 10.7. The highest BCUT2D eigenvalue weighted by Gasteiger charge is 2.56. The number of hydrogen-bond donors (Lipinski definition) is 1. The van der Waals surface area contributed by atoms with E-state index in [0.29, 0.717) is 0 Å². The molecule has 12 nitrogen and oxygen atoms in total. The van der Waals surface area contributed by atoms with Crippen molar-refractivity contribution in [1.82, 2.24) is 0 Å². The molecule has 1 saturated heterocycles. The van der Waals surface area contributed by atoms with Crippen LogP contribution in [0.1, 0.15) is 44.3 Å². The molecule has 32 heavy (non-hydrogen) atoms. The molecule has 0 aromatic carbocycles. The van der Waals surface area contributed by atoms with Crippen molar-refractivity contribution in [2.24, 2.45) is 5.73 Å². The third-order valence-electron chi connectivity index (χ3n) is 4.37. The van der Waals surface area contributed by atoms with Crippen LogP contribution in [0.4, 0.5) is 0 Å². The minimum absolute atomic E-state index is 0.125. The smallest absolute Gasteiger partial charge is 0.304 e. The second-order valence-electron chi connectivity index (χ2n) is 6.99. The number of ether oxygens (including phenoxy) is 5. The number of esters is 4. The van der Waals surface area contributed by atoms with Gasteiger partial charge in [0.05, 0.1) is 0 Å². The maximum absolute atomic E-state index is 11.8. The number of hydrogen-bond acceptors (Lipinski definition) is 10. The van der Waals surface area contributed by atoms with Gasteiger partial charge in [0.1, 0.15) is 18.3 Å². The summed E-state index contributed by atoms with van der Waals surface area (Å²) < 4.78 is 28.4. The summed E-state index contributed by atoms with van der Waals surface area (Å²) >= 11 is 0. The first kappa shape index (κ1) is 24.7. The molecule has 2 N–H and O–H groups in total. The van der Waals surface area contributed by atoms with E-state index in [9.17, 15) is 24.0 Å². The fraction of sp³-hybridized carbons (Fsp3) is 0.500. The van der Waals surface area contributed by atoms with Crippen molar-refractivity contribution in [3.63, 3.8) is 0 Å². The van der Waals surface area contributed by atoms with Gasteiger partial charge in [0, 0.05) is 33.8 Å². The van der Waals surface area contributed by atoms with Crippen LogP contribution in [0.2, 0.25) is 0 Å². The summed E-state index contributed by atoms with van der Waals surface area (Å²) in [7, 11) is 0. The van der Waals surface area contributed by atoms with Crippen LogP contribution < -0.4 is 10.3 Å². The molecular formula is C20H25N2O10+. The van der Waals surface area contributed by atoms with Crippen molar-refractivity contribution in [1.29, 1.82) is 0 Å². The lowest BCUT2D eigenvalue weighted by Gasteiger charge is -2.41. The minimum Gasteiger partial charge on any atom is -0.463 e. The van der Waals surface area contributed by atoms with Gasteiger partial charge in [-0.1, -0.05) is 0 Å². The Labute approximate surface area is 183 Å². The Kier molecular flexibility index (Phi) is 8.24. The first-order valence-electron chi connectivity index (χ1n) is 9.60. The maximum atomic E-state index is 11.8. The number of carbonyl (C=O) groups is 5. The molecule has 0 spiro atoms. The lowest BCUT2D eigenvalue weighted by Crippen LogP contribution is -2.65. The van der Waals surface area contributed by atoms with Crippen LogP contribution in [0.15, 0.2) is 24.5 Å². The Morgan fingerprint density at radius 2 is 1.47 bits per heavy atom. The molecule has 1 aromatic heterocycles. The molecule has 12 heteroatoms. The fourth-order valence-corrected chi connectivity index (χ4v) is 3.24. The summed E-state index contributed by atoms with van der Waals surface area (Å²) in [5, 5.41) is 0. The van der Waals surface area contributed by atoms with Gasteiger partial charge in [-0.15, -0.1) is 0 Å². The van der Waals surface area contributed by atoms with Crippen LogP contribution in [0.3, 0.4) is 0 Å². The first-order valence-corrected chi connectivity index (χ1v) is 9.60. The Morgan fingerprint density at radius 1 is 0.906 bits per heavy atom. The lowest BCUT2D eigenvalue weighted by molar-refractivity contribution is -0.777. The van der Waals surface area contributed by atoms with E-state index in [1.54, 1.807) is 0 Å². The minimum atomic E-state index is -1.32. The average molecular weight is 453 g/mol. The van der Waals surface area contributed by atoms with Gasteiger partial charge >= 0.3 is 30.1 Å². The summed E-state index contributed by atoms with van der Waals surface area (Å²) in [5.41, 5.74) is 5.47. The van der Waals surface area contributed by atoms with Gasteiger partial charge < -0.3 is 29.4 Å². The standard InChI is InChI=1S/C20H24N2O10/c1-10(23)28-9-15-16(29-11(2)24)17(30-12(3)25)18(31-13(4)26)20(32-15)22-7-5-6-14(8-22)19(21)27/h5-8,15-18,20H,9H2,1-4H3,(H-,21,27)/p+1/t15-,16-,17+,18-,20-/m1/s1. The summed E-state index contributed by atoms with van der Waals surface area (Å²) in [5.74, 6) is -3.54. The quantitative estimate of drug-likeness (QED) is 0.318. The summed E-state index contributed by atoms with van der Waals surface area (Å²) in [6.07, 6.45) is -3.27. The van der Waals surface area contributed by atoms with Crippen LogP contribution in [0, 0.1) is 0 Å². The zero-order chi connectivity index (χ0) is 24.0. The molecule has 1 aromatic rings. The van der Waals surface area contributed by atoms with E-state index in [2.05, 4.69) is 0 Å². The molecule has 0 saturated carbocycles. The molecule has 5 atom stereocenters. The number of primary amides is 1.